The number of thiazole rings is 1. The van der Waals surface area contributed by atoms with Crippen LogP contribution in [0.2, 0.25) is 0 Å². The van der Waals surface area contributed by atoms with E-state index in [1.54, 1.807) is 5.38 Å². The molecule has 1 N–H and O–H groups in total. The molecule has 0 unspecified atom stereocenters. The standard InChI is InChI=1S/C17H20N2O4S/c1-3-22-10-17(21)23-9-14-11-24-16(19-14)8-15(20)18-13-6-4-12(2)5-7-13/h4-7,11H,3,8-10H2,1-2H3,(H,18,20). The van der Waals surface area contributed by atoms with Gasteiger partial charge in [0.05, 0.1) is 12.1 Å². The number of hydrogen-bond donors (Lipinski definition) is 1. The van der Waals surface area contributed by atoms with Crippen molar-refractivity contribution in [3.8, 4) is 0 Å². The van der Waals surface area contributed by atoms with Crippen LogP contribution in [0.15, 0.2) is 29.6 Å². The lowest BCUT2D eigenvalue weighted by Gasteiger charge is -2.04. The summed E-state index contributed by atoms with van der Waals surface area (Å²) in [6, 6.07) is 7.60. The van der Waals surface area contributed by atoms with Crippen molar-refractivity contribution in [3.63, 3.8) is 0 Å². The Labute approximate surface area is 144 Å². The van der Waals surface area contributed by atoms with Crippen molar-refractivity contribution in [1.82, 2.24) is 4.98 Å². The minimum absolute atomic E-state index is 0.0630. The number of carbonyl (C=O) groups is 2. The molecule has 0 aliphatic rings. The first-order valence-electron chi connectivity index (χ1n) is 7.60. The van der Waals surface area contributed by atoms with Gasteiger partial charge in [0, 0.05) is 17.7 Å². The number of nitrogens with zero attached hydrogens (tertiary/aromatic N) is 1. The Morgan fingerprint density at radius 1 is 1.25 bits per heavy atom. The predicted octanol–water partition coefficient (Wildman–Crippen LogP) is 2.71. The summed E-state index contributed by atoms with van der Waals surface area (Å²) in [6.45, 7) is 4.28. The lowest BCUT2D eigenvalue weighted by molar-refractivity contribution is -0.150. The predicted molar refractivity (Wildman–Crippen MR) is 91.9 cm³/mol. The summed E-state index contributed by atoms with van der Waals surface area (Å²) in [5.74, 6) is -0.559. The van der Waals surface area contributed by atoms with Crippen molar-refractivity contribution >= 4 is 28.9 Å². The molecule has 0 aliphatic carbocycles. The average molecular weight is 348 g/mol. The van der Waals surface area contributed by atoms with Gasteiger partial charge in [0.15, 0.2) is 0 Å². The van der Waals surface area contributed by atoms with Gasteiger partial charge in [-0.2, -0.15) is 0 Å². The number of aryl methyl sites for hydroxylation is 1. The van der Waals surface area contributed by atoms with Gasteiger partial charge in [0.1, 0.15) is 18.2 Å². The van der Waals surface area contributed by atoms with Crippen LogP contribution in [0.4, 0.5) is 5.69 Å². The average Bonchev–Trinajstić information content (AvgIpc) is 3.00. The van der Waals surface area contributed by atoms with Gasteiger partial charge in [-0.3, -0.25) is 4.79 Å². The molecule has 0 fully saturated rings. The highest BCUT2D eigenvalue weighted by atomic mass is 32.1. The molecule has 24 heavy (non-hydrogen) atoms. The molecule has 7 heteroatoms. The summed E-state index contributed by atoms with van der Waals surface area (Å²) < 4.78 is 10.00. The Kier molecular flexibility index (Phi) is 6.89. The van der Waals surface area contributed by atoms with Gasteiger partial charge in [-0.05, 0) is 26.0 Å². The first-order valence-corrected chi connectivity index (χ1v) is 8.48. The number of anilines is 1. The SMILES string of the molecule is CCOCC(=O)OCc1csc(CC(=O)Nc2ccc(C)cc2)n1. The third-order valence-corrected chi connectivity index (χ3v) is 3.95. The monoisotopic (exact) mass is 348 g/mol. The molecule has 1 heterocycles. The van der Waals surface area contributed by atoms with Gasteiger partial charge in [-0.25, -0.2) is 9.78 Å². The molecule has 1 amide bonds. The van der Waals surface area contributed by atoms with Gasteiger partial charge in [-0.15, -0.1) is 11.3 Å². The van der Waals surface area contributed by atoms with Crippen LogP contribution in [0, 0.1) is 6.92 Å². The number of hydrogen-bond acceptors (Lipinski definition) is 6. The van der Waals surface area contributed by atoms with E-state index in [9.17, 15) is 9.59 Å². The van der Waals surface area contributed by atoms with E-state index >= 15 is 0 Å². The second-order valence-electron chi connectivity index (χ2n) is 5.12. The van der Waals surface area contributed by atoms with Gasteiger partial charge in [0.25, 0.3) is 0 Å². The van der Waals surface area contributed by atoms with E-state index in [2.05, 4.69) is 10.3 Å². The first-order chi connectivity index (χ1) is 11.6. The molecule has 2 rings (SSSR count). The quantitative estimate of drug-likeness (QED) is 0.742. The second kappa shape index (κ2) is 9.14. The van der Waals surface area contributed by atoms with Crippen molar-refractivity contribution < 1.29 is 19.1 Å². The number of ether oxygens (including phenoxy) is 2. The number of esters is 1. The molecule has 0 bridgehead atoms. The molecule has 0 radical (unpaired) electrons. The van der Waals surface area contributed by atoms with Crippen LogP contribution in [-0.4, -0.2) is 30.1 Å². The Balaban J connectivity index is 1.79. The van der Waals surface area contributed by atoms with Crippen molar-refractivity contribution in [2.45, 2.75) is 26.9 Å². The smallest absolute Gasteiger partial charge is 0.332 e. The molecule has 2 aromatic rings. The number of aromatic nitrogens is 1. The highest BCUT2D eigenvalue weighted by Gasteiger charge is 2.10. The molecule has 0 atom stereocenters. The summed E-state index contributed by atoms with van der Waals surface area (Å²) in [4.78, 5) is 27.7. The third kappa shape index (κ3) is 6.10. The van der Waals surface area contributed by atoms with Crippen molar-refractivity contribution in [1.29, 1.82) is 0 Å². The van der Waals surface area contributed by atoms with Crippen LogP contribution in [0.25, 0.3) is 0 Å². The lowest BCUT2D eigenvalue weighted by atomic mass is 10.2. The molecule has 0 spiro atoms. The molecular formula is C17H20N2O4S. The van der Waals surface area contributed by atoms with Gasteiger partial charge in [-0.1, -0.05) is 17.7 Å². The molecular weight excluding hydrogens is 328 g/mol. The normalized spacial score (nSPS) is 10.4. The summed E-state index contributed by atoms with van der Waals surface area (Å²) in [7, 11) is 0. The summed E-state index contributed by atoms with van der Waals surface area (Å²) in [5.41, 5.74) is 2.52. The first kappa shape index (κ1) is 18.1. The molecule has 0 aliphatic heterocycles. The molecule has 128 valence electrons. The highest BCUT2D eigenvalue weighted by molar-refractivity contribution is 7.09. The van der Waals surface area contributed by atoms with E-state index in [0.29, 0.717) is 17.3 Å². The van der Waals surface area contributed by atoms with Crippen molar-refractivity contribution in [2.24, 2.45) is 0 Å². The van der Waals surface area contributed by atoms with E-state index in [4.69, 9.17) is 9.47 Å². The van der Waals surface area contributed by atoms with Crippen LogP contribution in [0.5, 0.6) is 0 Å². The summed E-state index contributed by atoms with van der Waals surface area (Å²) in [6.07, 6.45) is 0.186. The van der Waals surface area contributed by atoms with Gasteiger partial charge >= 0.3 is 5.97 Å². The lowest BCUT2D eigenvalue weighted by Crippen LogP contribution is -2.14. The number of nitrogens with one attached hydrogen (secondary N) is 1. The van der Waals surface area contributed by atoms with Crippen molar-refractivity contribution in [3.05, 3.63) is 45.9 Å². The van der Waals surface area contributed by atoms with Crippen LogP contribution in [0.1, 0.15) is 23.2 Å². The fraction of sp³-hybridized carbons (Fsp3) is 0.353. The zero-order chi connectivity index (χ0) is 17.4. The Morgan fingerprint density at radius 2 is 2.00 bits per heavy atom. The molecule has 0 saturated heterocycles. The van der Waals surface area contributed by atoms with Crippen LogP contribution >= 0.6 is 11.3 Å². The molecule has 6 nitrogen and oxygen atoms in total. The Bertz CT molecular complexity index is 682. The maximum absolute atomic E-state index is 12.0. The topological polar surface area (TPSA) is 77.5 Å². The van der Waals surface area contributed by atoms with Gasteiger partial charge in [0.2, 0.25) is 5.91 Å². The number of rotatable bonds is 8. The van der Waals surface area contributed by atoms with E-state index in [0.717, 1.165) is 11.3 Å². The maximum atomic E-state index is 12.0. The third-order valence-electron chi connectivity index (χ3n) is 3.05. The Hall–Kier alpha value is -2.25. The highest BCUT2D eigenvalue weighted by Crippen LogP contribution is 2.13. The van der Waals surface area contributed by atoms with Crippen LogP contribution in [-0.2, 0) is 32.1 Å². The van der Waals surface area contributed by atoms with Crippen LogP contribution in [0.3, 0.4) is 0 Å². The summed E-state index contributed by atoms with van der Waals surface area (Å²) in [5, 5.41) is 5.28. The number of benzene rings is 1. The van der Waals surface area contributed by atoms with E-state index in [1.165, 1.54) is 11.3 Å². The zero-order valence-corrected chi connectivity index (χ0v) is 14.5. The van der Waals surface area contributed by atoms with E-state index in [-0.39, 0.29) is 25.5 Å². The van der Waals surface area contributed by atoms with Crippen molar-refractivity contribution in [2.75, 3.05) is 18.5 Å². The number of amides is 1. The fourth-order valence-electron chi connectivity index (χ4n) is 1.86. The molecule has 1 aromatic carbocycles. The number of carbonyl (C=O) groups excluding carboxylic acids is 2. The zero-order valence-electron chi connectivity index (χ0n) is 13.7. The summed E-state index contributed by atoms with van der Waals surface area (Å²) >= 11 is 1.37. The molecule has 1 aromatic heterocycles. The minimum Gasteiger partial charge on any atom is -0.457 e. The van der Waals surface area contributed by atoms with E-state index in [1.807, 2.05) is 38.1 Å². The maximum Gasteiger partial charge on any atom is 0.332 e. The Morgan fingerprint density at radius 3 is 2.71 bits per heavy atom. The van der Waals surface area contributed by atoms with Gasteiger partial charge < -0.3 is 14.8 Å². The minimum atomic E-state index is -0.427. The largest absolute Gasteiger partial charge is 0.457 e. The second-order valence-corrected chi connectivity index (χ2v) is 6.06. The van der Waals surface area contributed by atoms with E-state index < -0.39 is 5.97 Å². The molecule has 0 saturated carbocycles. The van der Waals surface area contributed by atoms with Crippen LogP contribution < -0.4 is 5.32 Å². The fourth-order valence-corrected chi connectivity index (χ4v) is 2.63.